The average molecular weight is 435 g/mol. The van der Waals surface area contributed by atoms with Crippen LogP contribution in [0, 0.1) is 5.82 Å². The summed E-state index contributed by atoms with van der Waals surface area (Å²) < 4.78 is 13.2. The second-order valence-electron chi connectivity index (χ2n) is 6.94. The van der Waals surface area contributed by atoms with E-state index in [-0.39, 0.29) is 12.4 Å². The van der Waals surface area contributed by atoms with Crippen LogP contribution in [0.2, 0.25) is 0 Å². The summed E-state index contributed by atoms with van der Waals surface area (Å²) in [5.41, 5.74) is 0.604. The number of imide groups is 1. The highest BCUT2D eigenvalue weighted by Crippen LogP contribution is 2.29. The van der Waals surface area contributed by atoms with Crippen LogP contribution in [-0.2, 0) is 21.7 Å². The molecule has 2 aromatic carbocycles. The highest BCUT2D eigenvalue weighted by atomic mass is 35.5. The van der Waals surface area contributed by atoms with E-state index in [9.17, 15) is 18.8 Å². The van der Waals surface area contributed by atoms with E-state index in [4.69, 9.17) is 0 Å². The Balaban J connectivity index is 0.00000320. The summed E-state index contributed by atoms with van der Waals surface area (Å²) in [7, 11) is 0. The molecule has 0 aliphatic carbocycles. The molecule has 3 N–H and O–H groups in total. The van der Waals surface area contributed by atoms with E-state index in [0.717, 1.165) is 17.0 Å². The summed E-state index contributed by atoms with van der Waals surface area (Å²) in [4.78, 5) is 38.6. The predicted molar refractivity (Wildman–Crippen MR) is 114 cm³/mol. The molecule has 1 heterocycles. The van der Waals surface area contributed by atoms with Crippen molar-refractivity contribution in [1.82, 2.24) is 15.5 Å². The Morgan fingerprint density at radius 2 is 1.80 bits per heavy atom. The second kappa shape index (κ2) is 9.69. The molecule has 1 fully saturated rings. The van der Waals surface area contributed by atoms with Gasteiger partial charge in [0.05, 0.1) is 0 Å². The minimum absolute atomic E-state index is 0. The van der Waals surface area contributed by atoms with Gasteiger partial charge in [-0.25, -0.2) is 9.18 Å². The first kappa shape index (κ1) is 23.3. The number of carbonyl (C=O) groups excluding carboxylic acids is 3. The molecule has 9 heteroatoms. The standard InChI is InChI=1S/C21H23FN4O3.ClH/c1-3-23-12-14-6-4-5-7-17(14)24-18(27)13-26-19(28)21(2,25-20(26)29)15-8-10-16(22)11-9-15;/h4-11,23H,3,12-13H2,1-2H3,(H,24,27)(H,25,29);1H. The van der Waals surface area contributed by atoms with Crippen LogP contribution >= 0.6 is 12.4 Å². The maximum Gasteiger partial charge on any atom is 0.325 e. The van der Waals surface area contributed by atoms with Gasteiger partial charge in [0.1, 0.15) is 17.9 Å². The van der Waals surface area contributed by atoms with E-state index in [1.807, 2.05) is 19.1 Å². The smallest absolute Gasteiger partial charge is 0.324 e. The van der Waals surface area contributed by atoms with E-state index >= 15 is 0 Å². The molecule has 0 aromatic heterocycles. The van der Waals surface area contributed by atoms with Crippen molar-refractivity contribution in [2.75, 3.05) is 18.4 Å². The van der Waals surface area contributed by atoms with Crippen LogP contribution in [0.5, 0.6) is 0 Å². The van der Waals surface area contributed by atoms with Gasteiger partial charge in [0.15, 0.2) is 0 Å². The molecule has 1 saturated heterocycles. The van der Waals surface area contributed by atoms with Crippen LogP contribution in [0.25, 0.3) is 0 Å². The normalized spacial score (nSPS) is 18.0. The number of benzene rings is 2. The van der Waals surface area contributed by atoms with Gasteiger partial charge in [0.25, 0.3) is 5.91 Å². The van der Waals surface area contributed by atoms with Gasteiger partial charge >= 0.3 is 6.03 Å². The largest absolute Gasteiger partial charge is 0.325 e. The molecular weight excluding hydrogens is 411 g/mol. The Labute approximate surface area is 180 Å². The van der Waals surface area contributed by atoms with Crippen LogP contribution in [0.4, 0.5) is 14.9 Å². The van der Waals surface area contributed by atoms with Crippen LogP contribution < -0.4 is 16.0 Å². The Hall–Kier alpha value is -2.97. The molecule has 1 aliphatic heterocycles. The van der Waals surface area contributed by atoms with Crippen LogP contribution in [0.1, 0.15) is 25.0 Å². The fourth-order valence-electron chi connectivity index (χ4n) is 3.21. The van der Waals surface area contributed by atoms with Gasteiger partial charge < -0.3 is 16.0 Å². The number of nitrogens with zero attached hydrogens (tertiary/aromatic N) is 1. The summed E-state index contributed by atoms with van der Waals surface area (Å²) in [6, 6.07) is 12.0. The van der Waals surface area contributed by atoms with Crippen molar-refractivity contribution in [2.24, 2.45) is 0 Å². The van der Waals surface area contributed by atoms with Crippen molar-refractivity contribution < 1.29 is 18.8 Å². The molecule has 1 atom stereocenters. The number of hydrogen-bond donors (Lipinski definition) is 3. The minimum atomic E-state index is -1.35. The summed E-state index contributed by atoms with van der Waals surface area (Å²) >= 11 is 0. The lowest BCUT2D eigenvalue weighted by atomic mass is 9.92. The first-order valence-electron chi connectivity index (χ1n) is 9.33. The SMILES string of the molecule is CCNCc1ccccc1NC(=O)CN1C(=O)NC(C)(c2ccc(F)cc2)C1=O.Cl. The van der Waals surface area contributed by atoms with E-state index < -0.39 is 35.7 Å². The molecule has 1 unspecified atom stereocenters. The van der Waals surface area contributed by atoms with Gasteiger partial charge in [0, 0.05) is 12.2 Å². The zero-order valence-corrected chi connectivity index (χ0v) is 17.5. The number of urea groups is 1. The Morgan fingerprint density at radius 3 is 2.47 bits per heavy atom. The number of amides is 4. The lowest BCUT2D eigenvalue weighted by Crippen LogP contribution is -2.42. The van der Waals surface area contributed by atoms with Gasteiger partial charge in [-0.15, -0.1) is 12.4 Å². The number of carbonyl (C=O) groups is 3. The van der Waals surface area contributed by atoms with Crippen molar-refractivity contribution in [3.63, 3.8) is 0 Å². The first-order valence-corrected chi connectivity index (χ1v) is 9.33. The number of rotatable bonds is 7. The molecule has 0 radical (unpaired) electrons. The molecule has 4 amide bonds. The monoisotopic (exact) mass is 434 g/mol. The molecule has 2 aromatic rings. The zero-order valence-electron chi connectivity index (χ0n) is 16.7. The summed E-state index contributed by atoms with van der Waals surface area (Å²) in [5.74, 6) is -1.49. The maximum absolute atomic E-state index is 13.2. The number of hydrogen-bond acceptors (Lipinski definition) is 4. The summed E-state index contributed by atoms with van der Waals surface area (Å²) in [6.07, 6.45) is 0. The molecular formula is C21H24ClFN4O3. The highest BCUT2D eigenvalue weighted by Gasteiger charge is 2.49. The van der Waals surface area contributed by atoms with Gasteiger partial charge in [0.2, 0.25) is 5.91 Å². The third kappa shape index (κ3) is 4.77. The predicted octanol–water partition coefficient (Wildman–Crippen LogP) is 2.76. The lowest BCUT2D eigenvalue weighted by molar-refractivity contribution is -0.133. The van der Waals surface area contributed by atoms with Gasteiger partial charge in [-0.1, -0.05) is 37.3 Å². The first-order chi connectivity index (χ1) is 13.8. The lowest BCUT2D eigenvalue weighted by Gasteiger charge is -2.22. The Kier molecular flexibility index (Phi) is 7.53. The summed E-state index contributed by atoms with van der Waals surface area (Å²) in [5, 5.41) is 8.55. The average Bonchev–Trinajstić information content (AvgIpc) is 2.91. The number of nitrogens with one attached hydrogen (secondary N) is 3. The molecule has 7 nitrogen and oxygen atoms in total. The molecule has 1 aliphatic rings. The van der Waals surface area contributed by atoms with Crippen molar-refractivity contribution in [1.29, 1.82) is 0 Å². The van der Waals surface area contributed by atoms with Gasteiger partial charge in [-0.05, 0) is 42.8 Å². The fraction of sp³-hybridized carbons (Fsp3) is 0.286. The van der Waals surface area contributed by atoms with Crippen molar-refractivity contribution in [3.8, 4) is 0 Å². The maximum atomic E-state index is 13.2. The second-order valence-corrected chi connectivity index (χ2v) is 6.94. The Morgan fingerprint density at radius 1 is 1.13 bits per heavy atom. The molecule has 160 valence electrons. The van der Waals surface area contributed by atoms with E-state index in [1.165, 1.54) is 31.2 Å². The number of anilines is 1. The fourth-order valence-corrected chi connectivity index (χ4v) is 3.21. The summed E-state index contributed by atoms with van der Waals surface area (Å²) in [6.45, 7) is 4.46. The number of para-hydroxylation sites is 1. The van der Waals surface area contributed by atoms with E-state index in [1.54, 1.807) is 12.1 Å². The highest BCUT2D eigenvalue weighted by molar-refractivity contribution is 6.10. The minimum Gasteiger partial charge on any atom is -0.324 e. The quantitative estimate of drug-likeness (QED) is 0.584. The van der Waals surface area contributed by atoms with E-state index in [0.29, 0.717) is 17.8 Å². The molecule has 0 saturated carbocycles. The van der Waals surface area contributed by atoms with Crippen LogP contribution in [0.3, 0.4) is 0 Å². The van der Waals surface area contributed by atoms with Crippen LogP contribution in [0.15, 0.2) is 48.5 Å². The van der Waals surface area contributed by atoms with Crippen molar-refractivity contribution in [3.05, 3.63) is 65.5 Å². The van der Waals surface area contributed by atoms with Gasteiger partial charge in [-0.2, -0.15) is 0 Å². The molecule has 0 bridgehead atoms. The van der Waals surface area contributed by atoms with E-state index in [2.05, 4.69) is 16.0 Å². The molecule has 3 rings (SSSR count). The topological polar surface area (TPSA) is 90.5 Å². The third-order valence-electron chi connectivity index (χ3n) is 4.86. The number of halogens is 2. The molecule has 0 spiro atoms. The van der Waals surface area contributed by atoms with Gasteiger partial charge in [-0.3, -0.25) is 14.5 Å². The zero-order chi connectivity index (χ0) is 21.0. The molecule has 30 heavy (non-hydrogen) atoms. The van der Waals surface area contributed by atoms with Crippen molar-refractivity contribution >= 4 is 35.9 Å². The van der Waals surface area contributed by atoms with Crippen molar-refractivity contribution in [2.45, 2.75) is 25.9 Å². The third-order valence-corrected chi connectivity index (χ3v) is 4.86. The van der Waals surface area contributed by atoms with Crippen LogP contribution in [-0.4, -0.2) is 35.8 Å². The Bertz CT molecular complexity index is 938.